The van der Waals surface area contributed by atoms with Crippen molar-refractivity contribution in [2.24, 2.45) is 11.7 Å². The molecule has 1 saturated heterocycles. The number of aryl methyl sites for hydroxylation is 1. The normalized spacial score (nSPS) is 21.4. The molecule has 0 aliphatic carbocycles. The number of thioether (sulfide) groups is 1. The number of hydrogen-bond acceptors (Lipinski definition) is 3. The molecule has 2 N–H and O–H groups in total. The number of rotatable bonds is 5. The van der Waals surface area contributed by atoms with Crippen LogP contribution in [0.3, 0.4) is 0 Å². The summed E-state index contributed by atoms with van der Waals surface area (Å²) in [7, 11) is 2.21. The first kappa shape index (κ1) is 13.9. The van der Waals surface area contributed by atoms with Crippen molar-refractivity contribution in [3.8, 4) is 0 Å². The van der Waals surface area contributed by atoms with Crippen LogP contribution in [0, 0.1) is 12.8 Å². The average molecular weight is 264 g/mol. The lowest BCUT2D eigenvalue weighted by Crippen LogP contribution is -2.43. The molecule has 0 spiro atoms. The molecule has 0 aromatic heterocycles. The number of likely N-dealkylation sites (N-methyl/N-ethyl adjacent to an activating group) is 1. The zero-order valence-electron chi connectivity index (χ0n) is 11.4. The summed E-state index contributed by atoms with van der Waals surface area (Å²) in [4.78, 5) is 2.44. The van der Waals surface area contributed by atoms with Crippen molar-refractivity contribution < 1.29 is 0 Å². The Labute approximate surface area is 115 Å². The highest BCUT2D eigenvalue weighted by Crippen LogP contribution is 2.28. The van der Waals surface area contributed by atoms with Gasteiger partial charge in [-0.2, -0.15) is 11.8 Å². The van der Waals surface area contributed by atoms with Gasteiger partial charge in [0.25, 0.3) is 0 Å². The highest BCUT2D eigenvalue weighted by Gasteiger charge is 2.27. The van der Waals surface area contributed by atoms with E-state index < -0.39 is 0 Å². The van der Waals surface area contributed by atoms with Gasteiger partial charge in [-0.1, -0.05) is 29.8 Å². The zero-order valence-corrected chi connectivity index (χ0v) is 12.2. The topological polar surface area (TPSA) is 29.3 Å². The number of nitrogens with zero attached hydrogens (tertiary/aromatic N) is 1. The number of nitrogens with two attached hydrogens (primary N) is 1. The van der Waals surface area contributed by atoms with E-state index in [9.17, 15) is 0 Å². The van der Waals surface area contributed by atoms with Crippen molar-refractivity contribution >= 4 is 11.8 Å². The third-order valence-corrected chi connectivity index (χ3v) is 5.02. The van der Waals surface area contributed by atoms with Gasteiger partial charge in [0.05, 0.1) is 0 Å². The van der Waals surface area contributed by atoms with Crippen molar-refractivity contribution in [3.63, 3.8) is 0 Å². The Morgan fingerprint density at radius 3 is 2.94 bits per heavy atom. The fraction of sp³-hybridized carbons (Fsp3) is 0.600. The van der Waals surface area contributed by atoms with Crippen molar-refractivity contribution in [2.45, 2.75) is 25.9 Å². The SMILES string of the molecule is Cc1cccc(CN(C)C(CN)C2CCSC2)c1. The predicted octanol–water partition coefficient (Wildman–Crippen LogP) is 2.51. The second-order valence-corrected chi connectivity index (χ2v) is 6.48. The molecule has 1 fully saturated rings. The summed E-state index contributed by atoms with van der Waals surface area (Å²) < 4.78 is 0. The Kier molecular flexibility index (Phi) is 5.10. The summed E-state index contributed by atoms with van der Waals surface area (Å²) in [5.74, 6) is 3.36. The molecule has 1 heterocycles. The Morgan fingerprint density at radius 1 is 1.50 bits per heavy atom. The number of hydrogen-bond donors (Lipinski definition) is 1. The van der Waals surface area contributed by atoms with Gasteiger partial charge in [0.15, 0.2) is 0 Å². The molecule has 0 amide bonds. The Bertz CT molecular complexity index is 375. The van der Waals surface area contributed by atoms with Crippen LogP contribution in [0.25, 0.3) is 0 Å². The maximum absolute atomic E-state index is 5.99. The minimum Gasteiger partial charge on any atom is -0.329 e. The van der Waals surface area contributed by atoms with Crippen molar-refractivity contribution in [1.82, 2.24) is 4.90 Å². The molecule has 0 radical (unpaired) electrons. The molecule has 2 rings (SSSR count). The standard InChI is InChI=1S/C15H24N2S/c1-12-4-3-5-13(8-12)10-17(2)15(9-16)14-6-7-18-11-14/h3-5,8,14-15H,6-7,9-11,16H2,1-2H3. The van der Waals surface area contributed by atoms with E-state index in [1.165, 1.54) is 29.1 Å². The quantitative estimate of drug-likeness (QED) is 0.886. The summed E-state index contributed by atoms with van der Waals surface area (Å²) in [6.45, 7) is 3.93. The molecule has 0 saturated carbocycles. The monoisotopic (exact) mass is 264 g/mol. The fourth-order valence-electron chi connectivity index (χ4n) is 2.80. The second-order valence-electron chi connectivity index (χ2n) is 5.33. The van der Waals surface area contributed by atoms with E-state index in [1.807, 2.05) is 0 Å². The van der Waals surface area contributed by atoms with Crippen LogP contribution in [0.5, 0.6) is 0 Å². The third kappa shape index (κ3) is 3.50. The maximum atomic E-state index is 5.99. The van der Waals surface area contributed by atoms with E-state index in [-0.39, 0.29) is 0 Å². The smallest absolute Gasteiger partial charge is 0.0255 e. The van der Waals surface area contributed by atoms with E-state index >= 15 is 0 Å². The Hall–Kier alpha value is -0.510. The lowest BCUT2D eigenvalue weighted by molar-refractivity contribution is 0.184. The van der Waals surface area contributed by atoms with Crippen molar-refractivity contribution in [1.29, 1.82) is 0 Å². The Balaban J connectivity index is 1.98. The molecule has 18 heavy (non-hydrogen) atoms. The van der Waals surface area contributed by atoms with E-state index in [0.717, 1.165) is 19.0 Å². The summed E-state index contributed by atoms with van der Waals surface area (Å²) in [5.41, 5.74) is 8.71. The van der Waals surface area contributed by atoms with Gasteiger partial charge in [0.2, 0.25) is 0 Å². The van der Waals surface area contributed by atoms with Gasteiger partial charge in [0, 0.05) is 19.1 Å². The van der Waals surface area contributed by atoms with E-state index in [2.05, 4.69) is 54.9 Å². The van der Waals surface area contributed by atoms with Crippen LogP contribution in [0.4, 0.5) is 0 Å². The predicted molar refractivity (Wildman–Crippen MR) is 80.9 cm³/mol. The van der Waals surface area contributed by atoms with Gasteiger partial charge >= 0.3 is 0 Å². The Morgan fingerprint density at radius 2 is 2.33 bits per heavy atom. The molecule has 1 aromatic carbocycles. The lowest BCUT2D eigenvalue weighted by Gasteiger charge is -2.31. The van der Waals surface area contributed by atoms with E-state index in [0.29, 0.717) is 6.04 Å². The molecule has 100 valence electrons. The first-order chi connectivity index (χ1) is 8.70. The van der Waals surface area contributed by atoms with Gasteiger partial charge in [-0.15, -0.1) is 0 Å². The van der Waals surface area contributed by atoms with Crippen LogP contribution in [0.2, 0.25) is 0 Å². The molecular formula is C15H24N2S. The zero-order chi connectivity index (χ0) is 13.0. The van der Waals surface area contributed by atoms with Crippen LogP contribution in [0.1, 0.15) is 17.5 Å². The van der Waals surface area contributed by atoms with Crippen LogP contribution in [-0.4, -0.2) is 36.0 Å². The molecule has 2 nitrogen and oxygen atoms in total. The highest BCUT2D eigenvalue weighted by atomic mass is 32.2. The summed E-state index contributed by atoms with van der Waals surface area (Å²) in [6, 6.07) is 9.30. The first-order valence-electron chi connectivity index (χ1n) is 6.74. The molecule has 2 unspecified atom stereocenters. The maximum Gasteiger partial charge on any atom is 0.0255 e. The van der Waals surface area contributed by atoms with Gasteiger partial charge in [-0.05, 0) is 43.4 Å². The van der Waals surface area contributed by atoms with E-state index in [4.69, 9.17) is 5.73 Å². The molecule has 1 aliphatic rings. The molecule has 1 aromatic rings. The largest absolute Gasteiger partial charge is 0.329 e. The first-order valence-corrected chi connectivity index (χ1v) is 7.89. The second kappa shape index (κ2) is 6.60. The van der Waals surface area contributed by atoms with Crippen LogP contribution in [0.15, 0.2) is 24.3 Å². The van der Waals surface area contributed by atoms with Crippen molar-refractivity contribution in [2.75, 3.05) is 25.1 Å². The molecule has 3 heteroatoms. The third-order valence-electron chi connectivity index (χ3n) is 3.83. The molecule has 1 aliphatic heterocycles. The van der Waals surface area contributed by atoms with E-state index in [1.54, 1.807) is 0 Å². The van der Waals surface area contributed by atoms with Gasteiger partial charge in [-0.3, -0.25) is 4.90 Å². The van der Waals surface area contributed by atoms with Gasteiger partial charge in [-0.25, -0.2) is 0 Å². The van der Waals surface area contributed by atoms with Gasteiger partial charge in [0.1, 0.15) is 0 Å². The summed E-state index contributed by atoms with van der Waals surface area (Å²) in [5, 5.41) is 0. The minimum absolute atomic E-state index is 0.528. The average Bonchev–Trinajstić information content (AvgIpc) is 2.83. The van der Waals surface area contributed by atoms with Gasteiger partial charge < -0.3 is 5.73 Å². The van der Waals surface area contributed by atoms with Crippen LogP contribution in [-0.2, 0) is 6.54 Å². The van der Waals surface area contributed by atoms with Crippen LogP contribution >= 0.6 is 11.8 Å². The fourth-order valence-corrected chi connectivity index (χ4v) is 4.13. The number of benzene rings is 1. The minimum atomic E-state index is 0.528. The molecule has 0 bridgehead atoms. The highest BCUT2D eigenvalue weighted by molar-refractivity contribution is 7.99. The van der Waals surface area contributed by atoms with Crippen molar-refractivity contribution in [3.05, 3.63) is 35.4 Å². The molecular weight excluding hydrogens is 240 g/mol. The van der Waals surface area contributed by atoms with Crippen LogP contribution < -0.4 is 5.73 Å². The molecule has 2 atom stereocenters. The summed E-state index contributed by atoms with van der Waals surface area (Å²) in [6.07, 6.45) is 1.32. The lowest BCUT2D eigenvalue weighted by atomic mass is 9.97. The summed E-state index contributed by atoms with van der Waals surface area (Å²) >= 11 is 2.07.